The van der Waals surface area contributed by atoms with E-state index in [9.17, 15) is 0 Å². The van der Waals surface area contributed by atoms with Gasteiger partial charge >= 0.3 is 0 Å². The van der Waals surface area contributed by atoms with Gasteiger partial charge in [0.25, 0.3) is 0 Å². The Morgan fingerprint density at radius 2 is 1.90 bits per heavy atom. The minimum absolute atomic E-state index is 0.784. The molecule has 2 heterocycles. The second-order valence-electron chi connectivity index (χ2n) is 5.69. The van der Waals surface area contributed by atoms with Crippen molar-refractivity contribution >= 4 is 16.7 Å². The number of nitrogens with two attached hydrogens (primary N) is 1. The first-order chi connectivity index (χ1) is 10.4. The summed E-state index contributed by atoms with van der Waals surface area (Å²) < 4.78 is 0. The molecule has 1 aromatic carbocycles. The molecule has 3 rings (SSSR count). The quantitative estimate of drug-likeness (QED) is 0.934. The summed E-state index contributed by atoms with van der Waals surface area (Å²) in [5, 5.41) is 1.21. The van der Waals surface area contributed by atoms with Gasteiger partial charge in [0.15, 0.2) is 0 Å². The molecule has 21 heavy (non-hydrogen) atoms. The van der Waals surface area contributed by atoms with E-state index in [2.05, 4.69) is 46.2 Å². The molecule has 0 radical (unpaired) electrons. The highest BCUT2D eigenvalue weighted by molar-refractivity contribution is 5.80. The molecule has 0 unspecified atom stereocenters. The van der Waals surface area contributed by atoms with Crippen molar-refractivity contribution in [3.63, 3.8) is 0 Å². The molecule has 0 aliphatic carbocycles. The average Bonchev–Trinajstić information content (AvgIpc) is 2.78. The van der Waals surface area contributed by atoms with Crippen molar-refractivity contribution in [2.75, 3.05) is 44.2 Å². The Labute approximate surface area is 126 Å². The van der Waals surface area contributed by atoms with Gasteiger partial charge in [0.2, 0.25) is 0 Å². The lowest BCUT2D eigenvalue weighted by Crippen LogP contribution is -2.32. The van der Waals surface area contributed by atoms with Crippen LogP contribution < -0.4 is 10.6 Å². The van der Waals surface area contributed by atoms with E-state index < -0.39 is 0 Å². The van der Waals surface area contributed by atoms with E-state index in [0.717, 1.165) is 50.5 Å². The summed E-state index contributed by atoms with van der Waals surface area (Å²) in [5.74, 6) is 1.11. The summed E-state index contributed by atoms with van der Waals surface area (Å²) in [5.41, 5.74) is 6.69. The number of hydrogen-bond donors (Lipinski definition) is 1. The lowest BCUT2D eigenvalue weighted by Gasteiger charge is -2.23. The van der Waals surface area contributed by atoms with Crippen molar-refractivity contribution in [3.8, 4) is 0 Å². The minimum atomic E-state index is 0.784. The third kappa shape index (κ3) is 3.52. The van der Waals surface area contributed by atoms with Gasteiger partial charge in [-0.3, -0.25) is 0 Å². The third-order valence-electron chi connectivity index (χ3n) is 4.17. The van der Waals surface area contributed by atoms with Crippen molar-refractivity contribution in [3.05, 3.63) is 36.4 Å². The number of pyridine rings is 1. The fourth-order valence-corrected chi connectivity index (χ4v) is 2.97. The lowest BCUT2D eigenvalue weighted by molar-refractivity contribution is 0.291. The zero-order chi connectivity index (χ0) is 14.5. The lowest BCUT2D eigenvalue weighted by atomic mass is 10.2. The summed E-state index contributed by atoms with van der Waals surface area (Å²) in [6.45, 7) is 6.32. The maximum atomic E-state index is 5.61. The second-order valence-corrected chi connectivity index (χ2v) is 5.69. The molecule has 0 atom stereocenters. The maximum Gasteiger partial charge on any atom is 0.129 e. The number of para-hydroxylation sites is 1. The molecule has 4 heteroatoms. The third-order valence-corrected chi connectivity index (χ3v) is 4.17. The van der Waals surface area contributed by atoms with Crippen molar-refractivity contribution in [1.82, 2.24) is 9.88 Å². The van der Waals surface area contributed by atoms with Crippen molar-refractivity contribution < 1.29 is 0 Å². The molecule has 0 bridgehead atoms. The molecular weight excluding hydrogens is 260 g/mol. The molecule has 0 amide bonds. The molecular formula is C17H24N4. The molecule has 1 aliphatic heterocycles. The van der Waals surface area contributed by atoms with E-state index in [1.54, 1.807) is 0 Å². The van der Waals surface area contributed by atoms with Crippen LogP contribution in [0.4, 0.5) is 5.82 Å². The van der Waals surface area contributed by atoms with Gasteiger partial charge < -0.3 is 15.5 Å². The molecule has 0 saturated carbocycles. The average molecular weight is 284 g/mol. The van der Waals surface area contributed by atoms with Gasteiger partial charge in [-0.15, -0.1) is 0 Å². The van der Waals surface area contributed by atoms with Crippen LogP contribution in [0.5, 0.6) is 0 Å². The summed E-state index contributed by atoms with van der Waals surface area (Å²) >= 11 is 0. The van der Waals surface area contributed by atoms with Crippen LogP contribution in [-0.2, 0) is 0 Å². The standard InChI is InChI=1S/C17H24N4/c18-9-3-10-20-11-4-12-21(14-13-20)17-8-7-15-5-1-2-6-16(15)19-17/h1-2,5-8H,3-4,9-14,18H2. The van der Waals surface area contributed by atoms with E-state index in [1.165, 1.54) is 18.4 Å². The normalized spacial score (nSPS) is 17.1. The predicted molar refractivity (Wildman–Crippen MR) is 88.7 cm³/mol. The Hall–Kier alpha value is -1.65. The summed E-state index contributed by atoms with van der Waals surface area (Å²) in [4.78, 5) is 9.75. The van der Waals surface area contributed by atoms with E-state index in [4.69, 9.17) is 10.7 Å². The second kappa shape index (κ2) is 6.87. The van der Waals surface area contributed by atoms with Crippen molar-refractivity contribution in [2.24, 2.45) is 5.73 Å². The number of rotatable bonds is 4. The Morgan fingerprint density at radius 1 is 1.00 bits per heavy atom. The van der Waals surface area contributed by atoms with Crippen LogP contribution in [0.1, 0.15) is 12.8 Å². The molecule has 1 aromatic heterocycles. The topological polar surface area (TPSA) is 45.4 Å². The maximum absolute atomic E-state index is 5.61. The van der Waals surface area contributed by atoms with Crippen LogP contribution in [0.25, 0.3) is 10.9 Å². The first-order valence-electron chi connectivity index (χ1n) is 7.90. The molecule has 4 nitrogen and oxygen atoms in total. The van der Waals surface area contributed by atoms with Gasteiger partial charge in [-0.1, -0.05) is 18.2 Å². The highest BCUT2D eigenvalue weighted by Gasteiger charge is 2.15. The number of anilines is 1. The van der Waals surface area contributed by atoms with Crippen LogP contribution >= 0.6 is 0 Å². The number of hydrogen-bond acceptors (Lipinski definition) is 4. The molecule has 2 aromatic rings. The molecule has 0 spiro atoms. The molecule has 1 aliphatic rings. The Bertz CT molecular complexity index is 584. The van der Waals surface area contributed by atoms with Crippen molar-refractivity contribution in [1.29, 1.82) is 0 Å². The van der Waals surface area contributed by atoms with Gasteiger partial charge in [0.05, 0.1) is 5.52 Å². The largest absolute Gasteiger partial charge is 0.355 e. The zero-order valence-electron chi connectivity index (χ0n) is 12.5. The van der Waals surface area contributed by atoms with Gasteiger partial charge in [-0.2, -0.15) is 0 Å². The van der Waals surface area contributed by atoms with E-state index in [-0.39, 0.29) is 0 Å². The van der Waals surface area contributed by atoms with Gasteiger partial charge in [-0.25, -0.2) is 4.98 Å². The number of nitrogens with zero attached hydrogens (tertiary/aromatic N) is 3. The van der Waals surface area contributed by atoms with Gasteiger partial charge in [-0.05, 0) is 50.7 Å². The summed E-state index contributed by atoms with van der Waals surface area (Å²) in [6, 6.07) is 12.6. The van der Waals surface area contributed by atoms with E-state index in [0.29, 0.717) is 0 Å². The summed E-state index contributed by atoms with van der Waals surface area (Å²) in [7, 11) is 0. The molecule has 2 N–H and O–H groups in total. The Kier molecular flexibility index (Phi) is 4.68. The number of fused-ring (bicyclic) bond motifs is 1. The van der Waals surface area contributed by atoms with E-state index in [1.807, 2.05) is 0 Å². The van der Waals surface area contributed by atoms with Crippen LogP contribution in [0, 0.1) is 0 Å². The SMILES string of the molecule is NCCCN1CCCN(c2ccc3ccccc3n2)CC1. The first-order valence-corrected chi connectivity index (χ1v) is 7.90. The minimum Gasteiger partial charge on any atom is -0.355 e. The zero-order valence-corrected chi connectivity index (χ0v) is 12.5. The van der Waals surface area contributed by atoms with E-state index >= 15 is 0 Å². The van der Waals surface area contributed by atoms with Crippen molar-refractivity contribution in [2.45, 2.75) is 12.8 Å². The number of benzene rings is 1. The summed E-state index contributed by atoms with van der Waals surface area (Å²) in [6.07, 6.45) is 2.29. The molecule has 1 saturated heterocycles. The fourth-order valence-electron chi connectivity index (χ4n) is 2.97. The fraction of sp³-hybridized carbons (Fsp3) is 0.471. The highest BCUT2D eigenvalue weighted by Crippen LogP contribution is 2.19. The van der Waals surface area contributed by atoms with Gasteiger partial charge in [0.1, 0.15) is 5.82 Å². The van der Waals surface area contributed by atoms with Gasteiger partial charge in [0, 0.05) is 25.0 Å². The highest BCUT2D eigenvalue weighted by atomic mass is 15.2. The predicted octanol–water partition coefficient (Wildman–Crippen LogP) is 2.10. The Morgan fingerprint density at radius 3 is 2.81 bits per heavy atom. The van der Waals surface area contributed by atoms with Crippen LogP contribution in [0.3, 0.4) is 0 Å². The molecule has 112 valence electrons. The molecule has 1 fully saturated rings. The Balaban J connectivity index is 1.70. The van der Waals surface area contributed by atoms with Crippen LogP contribution in [0.15, 0.2) is 36.4 Å². The number of aromatic nitrogens is 1. The monoisotopic (exact) mass is 284 g/mol. The first kappa shape index (κ1) is 14.3. The smallest absolute Gasteiger partial charge is 0.129 e. The van der Waals surface area contributed by atoms with Crippen LogP contribution in [0.2, 0.25) is 0 Å². The van der Waals surface area contributed by atoms with Crippen LogP contribution in [-0.4, -0.2) is 49.2 Å².